The molecule has 3 heterocycles. The van der Waals surface area contributed by atoms with Crippen molar-refractivity contribution in [2.45, 2.75) is 6.92 Å². The van der Waals surface area contributed by atoms with Gasteiger partial charge in [-0.15, -0.1) is 22.7 Å². The molecule has 1 N–H and O–H groups in total. The predicted molar refractivity (Wildman–Crippen MR) is 135 cm³/mol. The first kappa shape index (κ1) is 21.8. The van der Waals surface area contributed by atoms with Crippen molar-refractivity contribution >= 4 is 50.4 Å². The molecule has 0 bridgehead atoms. The van der Waals surface area contributed by atoms with Gasteiger partial charge in [0.2, 0.25) is 5.91 Å². The Hall–Kier alpha value is -3.07. The van der Waals surface area contributed by atoms with E-state index in [0.717, 1.165) is 26.7 Å². The molecule has 2 aromatic heterocycles. The summed E-state index contributed by atoms with van der Waals surface area (Å²) in [5.74, 6) is 0.0358. The molecule has 1 aliphatic rings. The van der Waals surface area contributed by atoms with Crippen LogP contribution in [0.3, 0.4) is 0 Å². The number of aryl methyl sites for hydroxylation is 1. The number of nitrogens with zero attached hydrogens (tertiary/aromatic N) is 3. The molecule has 4 aromatic rings. The van der Waals surface area contributed by atoms with Crippen LogP contribution >= 0.6 is 22.7 Å². The number of amides is 2. The zero-order chi connectivity index (χ0) is 22.8. The number of aromatic nitrogens is 1. The van der Waals surface area contributed by atoms with Crippen LogP contribution in [0.5, 0.6) is 0 Å². The minimum absolute atomic E-state index is 0.0451. The lowest BCUT2D eigenvalue weighted by Crippen LogP contribution is -2.50. The summed E-state index contributed by atoms with van der Waals surface area (Å²) >= 11 is 3.14. The number of rotatable bonds is 5. The van der Waals surface area contributed by atoms with Crippen molar-refractivity contribution in [3.63, 3.8) is 0 Å². The molecule has 168 valence electrons. The van der Waals surface area contributed by atoms with Crippen molar-refractivity contribution in [3.05, 3.63) is 70.4 Å². The number of fused-ring (bicyclic) bond motifs is 1. The highest BCUT2D eigenvalue weighted by molar-refractivity contribution is 7.21. The van der Waals surface area contributed by atoms with Crippen LogP contribution in [0.15, 0.2) is 60.0 Å². The molecule has 33 heavy (non-hydrogen) atoms. The van der Waals surface area contributed by atoms with Gasteiger partial charge < -0.3 is 10.2 Å². The Kier molecular flexibility index (Phi) is 6.22. The second-order valence-corrected chi connectivity index (χ2v) is 10.1. The van der Waals surface area contributed by atoms with Crippen molar-refractivity contribution in [2.75, 3.05) is 38.0 Å². The van der Waals surface area contributed by atoms with E-state index in [9.17, 15) is 9.59 Å². The van der Waals surface area contributed by atoms with Crippen molar-refractivity contribution in [1.82, 2.24) is 14.8 Å². The highest BCUT2D eigenvalue weighted by atomic mass is 32.1. The van der Waals surface area contributed by atoms with E-state index in [1.54, 1.807) is 11.3 Å². The molecule has 6 nitrogen and oxygen atoms in total. The number of hydrogen-bond acceptors (Lipinski definition) is 6. The van der Waals surface area contributed by atoms with Crippen LogP contribution in [0.25, 0.3) is 20.8 Å². The fraction of sp³-hybridized carbons (Fsp3) is 0.240. The average molecular weight is 477 g/mol. The Balaban J connectivity index is 1.14. The number of nitrogens with one attached hydrogen (secondary N) is 1. The fourth-order valence-electron chi connectivity index (χ4n) is 3.92. The lowest BCUT2D eigenvalue weighted by Gasteiger charge is -2.34. The maximum absolute atomic E-state index is 12.5. The maximum atomic E-state index is 12.5. The van der Waals surface area contributed by atoms with Crippen LogP contribution in [0, 0.1) is 6.92 Å². The standard InChI is InChI=1S/C25H24N4O2S2/c1-17-4-9-20-22(15-17)33-24(27-20)18-5-7-19(8-6-18)26-23(30)16-28-10-12-29(13-11-28)25(31)21-3-2-14-32-21/h2-9,14-15H,10-13,16H2,1H3,(H,26,30). The lowest BCUT2D eigenvalue weighted by atomic mass is 10.2. The normalized spacial score (nSPS) is 14.5. The van der Waals surface area contributed by atoms with Gasteiger partial charge >= 0.3 is 0 Å². The fourth-order valence-corrected chi connectivity index (χ4v) is 5.68. The SMILES string of the molecule is Cc1ccc2nc(-c3ccc(NC(=O)CN4CCN(C(=O)c5cccs5)CC4)cc3)sc2c1. The minimum Gasteiger partial charge on any atom is -0.335 e. The molecule has 8 heteroatoms. The Morgan fingerprint density at radius 1 is 1.03 bits per heavy atom. The van der Waals surface area contributed by atoms with E-state index in [1.807, 2.05) is 46.7 Å². The highest BCUT2D eigenvalue weighted by Gasteiger charge is 2.23. The zero-order valence-electron chi connectivity index (χ0n) is 18.3. The van der Waals surface area contributed by atoms with Gasteiger partial charge in [0, 0.05) is 37.4 Å². The summed E-state index contributed by atoms with van der Waals surface area (Å²) in [6.07, 6.45) is 0. The molecule has 5 rings (SSSR count). The first-order valence-corrected chi connectivity index (χ1v) is 12.6. The largest absolute Gasteiger partial charge is 0.335 e. The highest BCUT2D eigenvalue weighted by Crippen LogP contribution is 2.31. The number of thiophene rings is 1. The molecule has 0 radical (unpaired) electrons. The summed E-state index contributed by atoms with van der Waals surface area (Å²) in [7, 11) is 0. The first-order valence-electron chi connectivity index (χ1n) is 10.9. The Morgan fingerprint density at radius 3 is 2.55 bits per heavy atom. The lowest BCUT2D eigenvalue weighted by molar-refractivity contribution is -0.117. The predicted octanol–water partition coefficient (Wildman–Crippen LogP) is 4.73. The number of hydrogen-bond donors (Lipinski definition) is 1. The van der Waals surface area contributed by atoms with E-state index >= 15 is 0 Å². The van der Waals surface area contributed by atoms with Crippen molar-refractivity contribution < 1.29 is 9.59 Å². The molecular formula is C25H24N4O2S2. The molecule has 1 saturated heterocycles. The van der Waals surface area contributed by atoms with Crippen LogP contribution in [-0.4, -0.2) is 59.3 Å². The smallest absolute Gasteiger partial charge is 0.264 e. The summed E-state index contributed by atoms with van der Waals surface area (Å²) < 4.78 is 1.18. The topological polar surface area (TPSA) is 65.5 Å². The molecule has 1 fully saturated rings. The number of anilines is 1. The van der Waals surface area contributed by atoms with Crippen LogP contribution in [-0.2, 0) is 4.79 Å². The molecular weight excluding hydrogens is 452 g/mol. The Bertz CT molecular complexity index is 1270. The molecule has 2 aromatic carbocycles. The minimum atomic E-state index is -0.0451. The van der Waals surface area contributed by atoms with E-state index in [-0.39, 0.29) is 11.8 Å². The van der Waals surface area contributed by atoms with Crippen molar-refractivity contribution in [3.8, 4) is 10.6 Å². The van der Waals surface area contributed by atoms with Gasteiger partial charge in [-0.3, -0.25) is 14.5 Å². The Labute approximate surface area is 200 Å². The van der Waals surface area contributed by atoms with Crippen LogP contribution in [0.2, 0.25) is 0 Å². The maximum Gasteiger partial charge on any atom is 0.264 e. The van der Waals surface area contributed by atoms with E-state index in [0.29, 0.717) is 32.7 Å². The molecule has 0 saturated carbocycles. The first-order chi connectivity index (χ1) is 16.0. The van der Waals surface area contributed by atoms with E-state index in [2.05, 4.69) is 35.3 Å². The van der Waals surface area contributed by atoms with Gasteiger partial charge in [0.15, 0.2) is 0 Å². The Morgan fingerprint density at radius 2 is 1.82 bits per heavy atom. The average Bonchev–Trinajstić information content (AvgIpc) is 3.49. The monoisotopic (exact) mass is 476 g/mol. The summed E-state index contributed by atoms with van der Waals surface area (Å²) in [5.41, 5.74) is 4.05. The van der Waals surface area contributed by atoms with Gasteiger partial charge in [-0.1, -0.05) is 12.1 Å². The van der Waals surface area contributed by atoms with E-state index < -0.39 is 0 Å². The molecule has 0 spiro atoms. The number of piperazine rings is 1. The van der Waals surface area contributed by atoms with E-state index in [1.165, 1.54) is 21.6 Å². The van der Waals surface area contributed by atoms with E-state index in [4.69, 9.17) is 4.98 Å². The van der Waals surface area contributed by atoms with Crippen molar-refractivity contribution in [1.29, 1.82) is 0 Å². The summed E-state index contributed by atoms with van der Waals surface area (Å²) in [6, 6.07) is 17.9. The molecule has 2 amide bonds. The second kappa shape index (κ2) is 9.43. The number of carbonyl (C=O) groups is 2. The van der Waals surface area contributed by atoms with Crippen LogP contribution in [0.4, 0.5) is 5.69 Å². The second-order valence-electron chi connectivity index (χ2n) is 8.16. The molecule has 1 aliphatic heterocycles. The van der Waals surface area contributed by atoms with Gasteiger partial charge in [-0.25, -0.2) is 4.98 Å². The number of thiazole rings is 1. The molecule has 0 unspecified atom stereocenters. The summed E-state index contributed by atoms with van der Waals surface area (Å²) in [6.45, 7) is 5.07. The van der Waals surface area contributed by atoms with Gasteiger partial charge in [0.1, 0.15) is 5.01 Å². The molecule has 0 aliphatic carbocycles. The third-order valence-electron chi connectivity index (χ3n) is 5.72. The summed E-state index contributed by atoms with van der Waals surface area (Å²) in [5, 5.41) is 5.87. The van der Waals surface area contributed by atoms with Crippen molar-refractivity contribution in [2.24, 2.45) is 0 Å². The van der Waals surface area contributed by atoms with Crippen LogP contribution in [0.1, 0.15) is 15.2 Å². The number of carbonyl (C=O) groups excluding carboxylic acids is 2. The zero-order valence-corrected chi connectivity index (χ0v) is 19.9. The van der Waals surface area contributed by atoms with Gasteiger partial charge in [-0.05, 0) is 60.3 Å². The molecule has 0 atom stereocenters. The quantitative estimate of drug-likeness (QED) is 0.452. The third kappa shape index (κ3) is 4.98. The van der Waals surface area contributed by atoms with Gasteiger partial charge in [0.05, 0.1) is 21.6 Å². The van der Waals surface area contributed by atoms with Crippen LogP contribution < -0.4 is 5.32 Å². The summed E-state index contributed by atoms with van der Waals surface area (Å²) in [4.78, 5) is 34.5. The third-order valence-corrected chi connectivity index (χ3v) is 7.64. The number of benzene rings is 2. The van der Waals surface area contributed by atoms with Gasteiger partial charge in [-0.2, -0.15) is 0 Å². The van der Waals surface area contributed by atoms with Gasteiger partial charge in [0.25, 0.3) is 5.91 Å².